The summed E-state index contributed by atoms with van der Waals surface area (Å²) in [5, 5.41) is 2.53. The van der Waals surface area contributed by atoms with Gasteiger partial charge in [0.15, 0.2) is 0 Å². The van der Waals surface area contributed by atoms with E-state index in [4.69, 9.17) is 0 Å². The number of halogens is 3. The molecular weight excluding hydrogens is 242 g/mol. The highest BCUT2D eigenvalue weighted by Crippen LogP contribution is 2.16. The van der Waals surface area contributed by atoms with E-state index in [1.54, 1.807) is 19.1 Å². The second kappa shape index (κ2) is 4.50. The second-order valence-corrected chi connectivity index (χ2v) is 3.39. The van der Waals surface area contributed by atoms with Gasteiger partial charge in [-0.2, -0.15) is 0 Å². The summed E-state index contributed by atoms with van der Waals surface area (Å²) in [4.78, 5) is 4.05. The number of pyridine rings is 1. The van der Waals surface area contributed by atoms with Crippen LogP contribution in [0.5, 0.6) is 0 Å². The molecule has 0 aliphatic rings. The molecule has 0 saturated carbocycles. The van der Waals surface area contributed by atoms with E-state index in [2.05, 4.69) is 26.2 Å². The first kappa shape index (κ1) is 10.4. The predicted molar refractivity (Wildman–Crippen MR) is 51.2 cm³/mol. The van der Waals surface area contributed by atoms with Crippen LogP contribution >= 0.6 is 15.9 Å². The molecule has 0 radical (unpaired) electrons. The minimum atomic E-state index is -2.36. The van der Waals surface area contributed by atoms with Crippen LogP contribution in [0.2, 0.25) is 0 Å². The number of alkyl halides is 2. The van der Waals surface area contributed by atoms with Gasteiger partial charge >= 0.3 is 0 Å². The smallest absolute Gasteiger partial charge is 0.255 e. The van der Waals surface area contributed by atoms with E-state index < -0.39 is 6.43 Å². The average Bonchev–Trinajstić information content (AvgIpc) is 2.07. The van der Waals surface area contributed by atoms with Gasteiger partial charge in [-0.3, -0.25) is 0 Å². The van der Waals surface area contributed by atoms with Crippen molar-refractivity contribution in [2.75, 3.05) is 11.9 Å². The number of aryl methyl sites for hydroxylation is 1. The van der Waals surface area contributed by atoms with Gasteiger partial charge < -0.3 is 5.32 Å². The summed E-state index contributed by atoms with van der Waals surface area (Å²) in [5.74, 6) is 0.473. The maximum atomic E-state index is 11.8. The summed E-state index contributed by atoms with van der Waals surface area (Å²) in [6.07, 6.45) is -2.36. The molecule has 72 valence electrons. The number of anilines is 1. The van der Waals surface area contributed by atoms with Crippen molar-refractivity contribution in [3.63, 3.8) is 0 Å². The van der Waals surface area contributed by atoms with Gasteiger partial charge in [-0.1, -0.05) is 0 Å². The van der Waals surface area contributed by atoms with E-state index in [0.29, 0.717) is 5.82 Å². The SMILES string of the molecule is Cc1nc(NCC(F)F)ccc1Br. The monoisotopic (exact) mass is 250 g/mol. The third-order valence-electron chi connectivity index (χ3n) is 1.46. The van der Waals surface area contributed by atoms with E-state index in [1.165, 1.54) is 0 Å². The summed E-state index contributed by atoms with van der Waals surface area (Å²) >= 11 is 3.27. The Morgan fingerprint density at radius 3 is 2.77 bits per heavy atom. The van der Waals surface area contributed by atoms with Gasteiger partial charge in [-0.05, 0) is 35.0 Å². The molecule has 1 aromatic heterocycles. The second-order valence-electron chi connectivity index (χ2n) is 2.54. The lowest BCUT2D eigenvalue weighted by Gasteiger charge is -2.05. The minimum absolute atomic E-state index is 0.367. The van der Waals surface area contributed by atoms with Gasteiger partial charge in [0.1, 0.15) is 5.82 Å². The third kappa shape index (κ3) is 3.26. The molecule has 0 bridgehead atoms. The zero-order valence-corrected chi connectivity index (χ0v) is 8.61. The molecule has 2 nitrogen and oxygen atoms in total. The molecule has 0 atom stereocenters. The van der Waals surface area contributed by atoms with E-state index in [9.17, 15) is 8.78 Å². The van der Waals surface area contributed by atoms with Crippen LogP contribution in [0.3, 0.4) is 0 Å². The molecular formula is C8H9BrF2N2. The Morgan fingerprint density at radius 1 is 1.54 bits per heavy atom. The summed E-state index contributed by atoms with van der Waals surface area (Å²) < 4.78 is 24.5. The van der Waals surface area contributed by atoms with Crippen LogP contribution in [0.1, 0.15) is 5.69 Å². The molecule has 0 fully saturated rings. The molecule has 0 aromatic carbocycles. The van der Waals surface area contributed by atoms with Gasteiger partial charge in [-0.25, -0.2) is 13.8 Å². The summed E-state index contributed by atoms with van der Waals surface area (Å²) in [7, 11) is 0. The topological polar surface area (TPSA) is 24.9 Å². The summed E-state index contributed by atoms with van der Waals surface area (Å²) in [5.41, 5.74) is 0.777. The molecule has 1 rings (SSSR count). The number of nitrogens with one attached hydrogen (secondary N) is 1. The van der Waals surface area contributed by atoms with E-state index in [-0.39, 0.29) is 6.54 Å². The van der Waals surface area contributed by atoms with Crippen molar-refractivity contribution in [2.45, 2.75) is 13.3 Å². The minimum Gasteiger partial charge on any atom is -0.364 e. The Bertz CT molecular complexity index is 291. The number of aromatic nitrogens is 1. The fourth-order valence-electron chi connectivity index (χ4n) is 0.824. The standard InChI is InChI=1S/C8H9BrF2N2/c1-5-6(9)2-3-8(13-5)12-4-7(10)11/h2-3,7H,4H2,1H3,(H,12,13). The Hall–Kier alpha value is -0.710. The maximum absolute atomic E-state index is 11.8. The molecule has 1 N–H and O–H groups in total. The number of hydrogen-bond acceptors (Lipinski definition) is 2. The van der Waals surface area contributed by atoms with Gasteiger partial charge in [0.25, 0.3) is 6.43 Å². The van der Waals surface area contributed by atoms with Gasteiger partial charge in [0.05, 0.1) is 12.2 Å². The third-order valence-corrected chi connectivity index (χ3v) is 2.30. The summed E-state index contributed by atoms with van der Waals surface area (Å²) in [6.45, 7) is 1.44. The Balaban J connectivity index is 2.63. The fourth-order valence-corrected chi connectivity index (χ4v) is 1.05. The first-order chi connectivity index (χ1) is 6.09. The number of hydrogen-bond donors (Lipinski definition) is 1. The molecule has 1 aromatic rings. The maximum Gasteiger partial charge on any atom is 0.255 e. The first-order valence-electron chi connectivity index (χ1n) is 3.75. The van der Waals surface area contributed by atoms with Crippen LogP contribution in [0.4, 0.5) is 14.6 Å². The normalized spacial score (nSPS) is 10.5. The van der Waals surface area contributed by atoms with Crippen molar-refractivity contribution >= 4 is 21.7 Å². The number of nitrogens with zero attached hydrogens (tertiary/aromatic N) is 1. The molecule has 0 aliphatic carbocycles. The van der Waals surface area contributed by atoms with Crippen LogP contribution in [0.25, 0.3) is 0 Å². The largest absolute Gasteiger partial charge is 0.364 e. The van der Waals surface area contributed by atoms with Crippen molar-refractivity contribution in [1.82, 2.24) is 4.98 Å². The molecule has 1 heterocycles. The lowest BCUT2D eigenvalue weighted by Crippen LogP contribution is -2.11. The van der Waals surface area contributed by atoms with Crippen molar-refractivity contribution in [3.05, 3.63) is 22.3 Å². The molecule has 0 spiro atoms. The quantitative estimate of drug-likeness (QED) is 0.893. The first-order valence-corrected chi connectivity index (χ1v) is 4.54. The van der Waals surface area contributed by atoms with Gasteiger partial charge in [0.2, 0.25) is 0 Å². The lowest BCUT2D eigenvalue weighted by atomic mass is 10.4. The Morgan fingerprint density at radius 2 is 2.23 bits per heavy atom. The van der Waals surface area contributed by atoms with Crippen molar-refractivity contribution < 1.29 is 8.78 Å². The zero-order valence-electron chi connectivity index (χ0n) is 7.02. The molecule has 0 amide bonds. The van der Waals surface area contributed by atoms with E-state index in [0.717, 1.165) is 10.2 Å². The fraction of sp³-hybridized carbons (Fsp3) is 0.375. The van der Waals surface area contributed by atoms with Crippen molar-refractivity contribution in [3.8, 4) is 0 Å². The Kier molecular flexibility index (Phi) is 3.59. The van der Waals surface area contributed by atoms with Crippen LogP contribution in [0.15, 0.2) is 16.6 Å². The Labute approximate surface area is 83.5 Å². The molecule has 0 saturated heterocycles. The highest BCUT2D eigenvalue weighted by molar-refractivity contribution is 9.10. The molecule has 13 heavy (non-hydrogen) atoms. The number of rotatable bonds is 3. The van der Waals surface area contributed by atoms with Crippen LogP contribution in [-0.4, -0.2) is 18.0 Å². The predicted octanol–water partition coefficient (Wildman–Crippen LogP) is 2.83. The van der Waals surface area contributed by atoms with Crippen LogP contribution in [0, 0.1) is 6.92 Å². The molecule has 5 heteroatoms. The van der Waals surface area contributed by atoms with Crippen molar-refractivity contribution in [1.29, 1.82) is 0 Å². The van der Waals surface area contributed by atoms with Gasteiger partial charge in [-0.15, -0.1) is 0 Å². The lowest BCUT2D eigenvalue weighted by molar-refractivity contribution is 0.163. The highest BCUT2D eigenvalue weighted by Gasteiger charge is 2.03. The van der Waals surface area contributed by atoms with E-state index >= 15 is 0 Å². The molecule has 0 aliphatic heterocycles. The van der Waals surface area contributed by atoms with Crippen molar-refractivity contribution in [2.24, 2.45) is 0 Å². The summed E-state index contributed by atoms with van der Waals surface area (Å²) in [6, 6.07) is 3.43. The average molecular weight is 251 g/mol. The highest BCUT2D eigenvalue weighted by atomic mass is 79.9. The van der Waals surface area contributed by atoms with Crippen LogP contribution < -0.4 is 5.32 Å². The van der Waals surface area contributed by atoms with Gasteiger partial charge in [0, 0.05) is 4.47 Å². The van der Waals surface area contributed by atoms with E-state index in [1.807, 2.05) is 0 Å². The van der Waals surface area contributed by atoms with Crippen LogP contribution in [-0.2, 0) is 0 Å². The molecule has 0 unspecified atom stereocenters. The zero-order chi connectivity index (χ0) is 9.84.